The Morgan fingerprint density at radius 1 is 1.18 bits per heavy atom. The number of benzene rings is 1. The van der Waals surface area contributed by atoms with Crippen molar-refractivity contribution in [3.8, 4) is 11.8 Å². The van der Waals surface area contributed by atoms with Crippen LogP contribution in [-0.2, 0) is 10.3 Å². The average Bonchev–Trinajstić information content (AvgIpc) is 2.59. The Kier molecular flexibility index (Phi) is 5.02. The van der Waals surface area contributed by atoms with Crippen LogP contribution in [0, 0.1) is 24.6 Å². The van der Waals surface area contributed by atoms with Crippen LogP contribution < -0.4 is 5.73 Å². The Labute approximate surface area is 159 Å². The fourth-order valence-corrected chi connectivity index (χ4v) is 3.00. The van der Waals surface area contributed by atoms with E-state index in [1.165, 1.54) is 19.1 Å². The molecule has 2 heterocycles. The highest BCUT2D eigenvalue weighted by atomic mass is 19.4. The van der Waals surface area contributed by atoms with Crippen LogP contribution in [0.5, 0.6) is 0 Å². The number of hydrogen-bond acceptors (Lipinski definition) is 4. The maximum Gasteiger partial charge on any atom is 0.425 e. The van der Waals surface area contributed by atoms with Crippen molar-refractivity contribution in [1.29, 1.82) is 0 Å². The third-order valence-corrected chi connectivity index (χ3v) is 4.34. The lowest BCUT2D eigenvalue weighted by Gasteiger charge is -2.35. The minimum Gasteiger partial charge on any atom is -0.452 e. The molecular weight excluding hydrogens is 374 g/mol. The first-order valence-corrected chi connectivity index (χ1v) is 8.39. The molecule has 0 fully saturated rings. The maximum atomic E-state index is 14.5. The minimum atomic E-state index is -4.64. The monoisotopic (exact) mass is 391 g/mol. The molecule has 4 nitrogen and oxygen atoms in total. The fraction of sp³-hybridized carbons (Fsp3) is 0.300. The van der Waals surface area contributed by atoms with Crippen molar-refractivity contribution in [3.63, 3.8) is 0 Å². The summed E-state index contributed by atoms with van der Waals surface area (Å²) in [5, 5.41) is 0. The van der Waals surface area contributed by atoms with Crippen LogP contribution in [0.25, 0.3) is 0 Å². The molecule has 0 unspecified atom stereocenters. The zero-order valence-electron chi connectivity index (χ0n) is 15.1. The molecule has 0 bridgehead atoms. The molecule has 2 N–H and O–H groups in total. The van der Waals surface area contributed by atoms with Gasteiger partial charge in [-0.05, 0) is 43.7 Å². The van der Waals surface area contributed by atoms with Crippen molar-refractivity contribution in [3.05, 3.63) is 64.7 Å². The molecule has 1 aromatic heterocycles. The molecule has 0 aliphatic carbocycles. The summed E-state index contributed by atoms with van der Waals surface area (Å²) in [5.74, 6) is 5.09. The minimum absolute atomic E-state index is 0.0258. The van der Waals surface area contributed by atoms with Gasteiger partial charge >= 0.3 is 6.18 Å². The number of alkyl halides is 3. The van der Waals surface area contributed by atoms with Crippen LogP contribution in [0.15, 0.2) is 41.7 Å². The molecule has 2 atom stereocenters. The maximum absolute atomic E-state index is 14.5. The number of nitrogens with two attached hydrogens (primary N) is 1. The number of aromatic nitrogens is 1. The topological polar surface area (TPSA) is 60.5 Å². The van der Waals surface area contributed by atoms with Gasteiger partial charge in [-0.1, -0.05) is 11.8 Å². The molecule has 1 aromatic carbocycles. The summed E-state index contributed by atoms with van der Waals surface area (Å²) >= 11 is 0. The molecule has 3 rings (SSSR count). The van der Waals surface area contributed by atoms with Gasteiger partial charge in [0.2, 0.25) is 0 Å². The smallest absolute Gasteiger partial charge is 0.425 e. The van der Waals surface area contributed by atoms with Crippen LogP contribution >= 0.6 is 0 Å². The van der Waals surface area contributed by atoms with E-state index in [1.807, 2.05) is 13.0 Å². The largest absolute Gasteiger partial charge is 0.452 e. The highest BCUT2D eigenvalue weighted by Crippen LogP contribution is 2.40. The number of hydrogen-bond donors (Lipinski definition) is 1. The number of ether oxygens (including phenoxy) is 1. The molecule has 1 aliphatic rings. The third-order valence-electron chi connectivity index (χ3n) is 4.34. The molecule has 28 heavy (non-hydrogen) atoms. The van der Waals surface area contributed by atoms with Crippen LogP contribution in [-0.4, -0.2) is 23.3 Å². The summed E-state index contributed by atoms with van der Waals surface area (Å²) in [6, 6.07) is 5.21. The van der Waals surface area contributed by atoms with Gasteiger partial charge in [-0.25, -0.2) is 9.38 Å². The Balaban J connectivity index is 1.99. The lowest BCUT2D eigenvalue weighted by atomic mass is 9.84. The molecule has 0 saturated heterocycles. The molecule has 0 radical (unpaired) electrons. The van der Waals surface area contributed by atoms with E-state index in [-0.39, 0.29) is 5.56 Å². The number of amidine groups is 1. The van der Waals surface area contributed by atoms with E-state index in [2.05, 4.69) is 26.6 Å². The van der Waals surface area contributed by atoms with E-state index < -0.39 is 36.1 Å². The van der Waals surface area contributed by atoms with Crippen LogP contribution in [0.2, 0.25) is 0 Å². The molecule has 0 amide bonds. The van der Waals surface area contributed by atoms with Gasteiger partial charge in [0, 0.05) is 35.5 Å². The highest BCUT2D eigenvalue weighted by Gasteiger charge is 2.50. The predicted molar refractivity (Wildman–Crippen MR) is 95.9 cm³/mol. The van der Waals surface area contributed by atoms with E-state index in [0.717, 1.165) is 11.6 Å². The molecule has 0 spiro atoms. The van der Waals surface area contributed by atoms with E-state index in [9.17, 15) is 17.6 Å². The molecule has 0 saturated carbocycles. The zero-order valence-corrected chi connectivity index (χ0v) is 15.1. The zero-order chi connectivity index (χ0) is 20.5. The molecule has 146 valence electrons. The second kappa shape index (κ2) is 7.15. The van der Waals surface area contributed by atoms with E-state index in [0.29, 0.717) is 11.1 Å². The number of aryl methyl sites for hydroxylation is 1. The van der Waals surface area contributed by atoms with Crippen molar-refractivity contribution < 1.29 is 22.3 Å². The Bertz CT molecular complexity index is 991. The summed E-state index contributed by atoms with van der Waals surface area (Å²) < 4.78 is 58.5. The second-order valence-electron chi connectivity index (χ2n) is 6.77. The predicted octanol–water partition coefficient (Wildman–Crippen LogP) is 3.81. The molecule has 2 aromatic rings. The lowest BCUT2D eigenvalue weighted by molar-refractivity contribution is -0.208. The summed E-state index contributed by atoms with van der Waals surface area (Å²) in [4.78, 5) is 7.99. The SMILES string of the molecule is Cc1cncc(C#Cc2ccc(F)c([C@]3(C)C[C@@H](C(F)(F)F)OC(N)=N3)c2)c1. The third kappa shape index (κ3) is 4.25. The standard InChI is InChI=1S/C20H17F4N3O/c1-12-7-14(11-26-10-12)4-3-13-5-6-16(21)15(8-13)19(2)9-17(20(22,23)24)28-18(25)27-19/h5-8,10-11,17H,9H2,1-2H3,(H2,25,27)/t17-,19-/m0/s1. The Morgan fingerprint density at radius 3 is 2.57 bits per heavy atom. The molecule has 1 aliphatic heterocycles. The van der Waals surface area contributed by atoms with Crippen LogP contribution in [0.1, 0.15) is 35.6 Å². The highest BCUT2D eigenvalue weighted by molar-refractivity contribution is 5.73. The number of nitrogens with zero attached hydrogens (tertiary/aromatic N) is 2. The normalized spacial score (nSPS) is 21.9. The van der Waals surface area contributed by atoms with E-state index in [1.54, 1.807) is 12.4 Å². The fourth-order valence-electron chi connectivity index (χ4n) is 3.00. The van der Waals surface area contributed by atoms with Crippen molar-refractivity contribution in [1.82, 2.24) is 4.98 Å². The van der Waals surface area contributed by atoms with E-state index >= 15 is 0 Å². The van der Waals surface area contributed by atoms with Crippen molar-refractivity contribution in [2.45, 2.75) is 38.1 Å². The van der Waals surface area contributed by atoms with Gasteiger partial charge in [-0.2, -0.15) is 13.2 Å². The lowest BCUT2D eigenvalue weighted by Crippen LogP contribution is -2.46. The van der Waals surface area contributed by atoms with Gasteiger partial charge in [-0.3, -0.25) is 4.98 Å². The molecular formula is C20H17F4N3O. The van der Waals surface area contributed by atoms with E-state index in [4.69, 9.17) is 5.73 Å². The number of aliphatic imine (C=N–C) groups is 1. The first-order chi connectivity index (χ1) is 13.1. The second-order valence-corrected chi connectivity index (χ2v) is 6.77. The number of rotatable bonds is 1. The van der Waals surface area contributed by atoms with Gasteiger partial charge in [0.15, 0.2) is 6.10 Å². The van der Waals surface area contributed by atoms with Crippen molar-refractivity contribution in [2.24, 2.45) is 10.7 Å². The van der Waals surface area contributed by atoms with Gasteiger partial charge in [-0.15, -0.1) is 0 Å². The quantitative estimate of drug-likeness (QED) is 0.594. The molecule has 8 heteroatoms. The van der Waals surface area contributed by atoms with Crippen LogP contribution in [0.3, 0.4) is 0 Å². The average molecular weight is 391 g/mol. The summed E-state index contributed by atoms with van der Waals surface area (Å²) in [5.41, 5.74) is 5.92. The summed E-state index contributed by atoms with van der Waals surface area (Å²) in [7, 11) is 0. The van der Waals surface area contributed by atoms with Gasteiger partial charge in [0.1, 0.15) is 5.82 Å². The number of pyridine rings is 1. The van der Waals surface area contributed by atoms with Crippen molar-refractivity contribution in [2.75, 3.05) is 0 Å². The van der Waals surface area contributed by atoms with Gasteiger partial charge < -0.3 is 10.5 Å². The van der Waals surface area contributed by atoms with Crippen molar-refractivity contribution >= 4 is 6.02 Å². The van der Waals surface area contributed by atoms with Gasteiger partial charge in [0.25, 0.3) is 6.02 Å². The van der Waals surface area contributed by atoms with Crippen LogP contribution in [0.4, 0.5) is 17.6 Å². The Morgan fingerprint density at radius 2 is 1.89 bits per heavy atom. The first kappa shape index (κ1) is 19.7. The summed E-state index contributed by atoms with van der Waals surface area (Å²) in [6.45, 7) is 3.26. The van der Waals surface area contributed by atoms with Gasteiger partial charge in [0.05, 0.1) is 5.54 Å². The summed E-state index contributed by atoms with van der Waals surface area (Å²) in [6.07, 6.45) is -4.13. The Hall–Kier alpha value is -3.08. The number of halogens is 4. The first-order valence-electron chi connectivity index (χ1n) is 8.39.